The first kappa shape index (κ1) is 15.8. The number of piperidine rings is 1. The minimum Gasteiger partial charge on any atom is -0.342 e. The lowest BCUT2D eigenvalue weighted by atomic mass is 9.97. The molecule has 5 heteroatoms. The highest BCUT2D eigenvalue weighted by atomic mass is 16.1. The van der Waals surface area contributed by atoms with Crippen LogP contribution in [0.3, 0.4) is 0 Å². The smallest absolute Gasteiger partial charge is 0.278 e. The van der Waals surface area contributed by atoms with E-state index in [1.165, 1.54) is 12.8 Å². The number of H-pyrrole nitrogens is 1. The predicted molar refractivity (Wildman–Crippen MR) is 86.7 cm³/mol. The molecule has 0 amide bonds. The SMILES string of the molecule is CC.Cc1nc2c(=O)n(CC3CCN(C)CC3)ccc2[nH]1. The van der Waals surface area contributed by atoms with Crippen LogP contribution < -0.4 is 5.56 Å². The number of aromatic nitrogens is 3. The summed E-state index contributed by atoms with van der Waals surface area (Å²) < 4.78 is 1.82. The quantitative estimate of drug-likeness (QED) is 0.924. The summed E-state index contributed by atoms with van der Waals surface area (Å²) in [4.78, 5) is 22.1. The molecular weight excluding hydrogens is 264 g/mol. The van der Waals surface area contributed by atoms with E-state index in [2.05, 4.69) is 21.9 Å². The molecule has 3 heterocycles. The summed E-state index contributed by atoms with van der Waals surface area (Å²) in [6, 6.07) is 1.95. The number of aromatic amines is 1. The largest absolute Gasteiger partial charge is 0.342 e. The highest BCUT2D eigenvalue weighted by Gasteiger charge is 2.18. The van der Waals surface area contributed by atoms with Crippen molar-refractivity contribution in [2.24, 2.45) is 5.92 Å². The van der Waals surface area contributed by atoms with Crippen molar-refractivity contribution in [2.45, 2.75) is 40.2 Å². The Labute approximate surface area is 126 Å². The molecule has 0 aliphatic carbocycles. The molecule has 2 aromatic heterocycles. The molecule has 0 saturated carbocycles. The van der Waals surface area contributed by atoms with E-state index in [0.29, 0.717) is 11.4 Å². The van der Waals surface area contributed by atoms with E-state index in [-0.39, 0.29) is 5.56 Å². The van der Waals surface area contributed by atoms with E-state index >= 15 is 0 Å². The Kier molecular flexibility index (Phi) is 5.17. The van der Waals surface area contributed by atoms with Crippen molar-refractivity contribution >= 4 is 11.0 Å². The van der Waals surface area contributed by atoms with Crippen LogP contribution in [0.2, 0.25) is 0 Å². The average Bonchev–Trinajstić information content (AvgIpc) is 2.88. The van der Waals surface area contributed by atoms with Gasteiger partial charge in [0.05, 0.1) is 5.52 Å². The molecule has 0 unspecified atom stereocenters. The molecule has 1 saturated heterocycles. The van der Waals surface area contributed by atoms with Crippen molar-refractivity contribution in [3.05, 3.63) is 28.4 Å². The summed E-state index contributed by atoms with van der Waals surface area (Å²) in [5.74, 6) is 1.40. The number of fused-ring (bicyclic) bond motifs is 1. The zero-order chi connectivity index (χ0) is 15.4. The third kappa shape index (κ3) is 3.53. The van der Waals surface area contributed by atoms with Crippen molar-refractivity contribution in [3.63, 3.8) is 0 Å². The summed E-state index contributed by atoms with van der Waals surface area (Å²) in [6.45, 7) is 8.95. The number of nitrogens with zero attached hydrogens (tertiary/aromatic N) is 3. The fourth-order valence-corrected chi connectivity index (χ4v) is 2.83. The third-order valence-corrected chi connectivity index (χ3v) is 4.03. The first-order chi connectivity index (χ1) is 10.1. The highest BCUT2D eigenvalue weighted by molar-refractivity contribution is 5.73. The maximum atomic E-state index is 12.3. The number of hydrogen-bond acceptors (Lipinski definition) is 3. The van der Waals surface area contributed by atoms with Gasteiger partial charge in [0.1, 0.15) is 5.82 Å². The number of hydrogen-bond donors (Lipinski definition) is 1. The maximum absolute atomic E-state index is 12.3. The Morgan fingerprint density at radius 1 is 1.33 bits per heavy atom. The van der Waals surface area contributed by atoms with E-state index in [0.717, 1.165) is 31.0 Å². The van der Waals surface area contributed by atoms with Gasteiger partial charge in [0, 0.05) is 12.7 Å². The molecule has 1 aliphatic rings. The molecule has 1 aliphatic heterocycles. The van der Waals surface area contributed by atoms with E-state index < -0.39 is 0 Å². The Bertz CT molecular complexity index is 635. The molecule has 1 fully saturated rings. The fraction of sp³-hybridized carbons (Fsp3) is 0.625. The predicted octanol–water partition coefficient (Wildman–Crippen LogP) is 2.40. The van der Waals surface area contributed by atoms with E-state index in [4.69, 9.17) is 0 Å². The van der Waals surface area contributed by atoms with Crippen molar-refractivity contribution in [1.82, 2.24) is 19.4 Å². The van der Waals surface area contributed by atoms with Gasteiger partial charge < -0.3 is 14.5 Å². The summed E-state index contributed by atoms with van der Waals surface area (Å²) in [6.07, 6.45) is 4.22. The standard InChI is InChI=1S/C14H20N4O.C2H6/c1-10-15-12-5-8-18(14(19)13(12)16-10)9-11-3-6-17(2)7-4-11;1-2/h5,8,11H,3-4,6-7,9H2,1-2H3,(H,15,16);1-2H3. The van der Waals surface area contributed by atoms with Crippen LogP contribution in [0.1, 0.15) is 32.5 Å². The highest BCUT2D eigenvalue weighted by Crippen LogP contribution is 2.17. The van der Waals surface area contributed by atoms with Crippen molar-refractivity contribution < 1.29 is 0 Å². The summed E-state index contributed by atoms with van der Waals surface area (Å²) in [7, 11) is 2.15. The lowest BCUT2D eigenvalue weighted by Crippen LogP contribution is -2.33. The van der Waals surface area contributed by atoms with Crippen molar-refractivity contribution in [2.75, 3.05) is 20.1 Å². The topological polar surface area (TPSA) is 53.9 Å². The molecule has 0 spiro atoms. The van der Waals surface area contributed by atoms with Crippen LogP contribution in [0.5, 0.6) is 0 Å². The third-order valence-electron chi connectivity index (χ3n) is 4.03. The molecule has 0 bridgehead atoms. The first-order valence-electron chi connectivity index (χ1n) is 7.88. The number of pyridine rings is 1. The number of aryl methyl sites for hydroxylation is 1. The second-order valence-corrected chi connectivity index (χ2v) is 5.60. The molecule has 0 radical (unpaired) electrons. The van der Waals surface area contributed by atoms with Crippen LogP contribution in [0, 0.1) is 12.8 Å². The Morgan fingerprint density at radius 3 is 2.67 bits per heavy atom. The summed E-state index contributed by atoms with van der Waals surface area (Å²) in [5, 5.41) is 0. The van der Waals surface area contributed by atoms with Crippen molar-refractivity contribution in [1.29, 1.82) is 0 Å². The van der Waals surface area contributed by atoms with Gasteiger partial charge in [-0.2, -0.15) is 0 Å². The molecule has 21 heavy (non-hydrogen) atoms. The van der Waals surface area contributed by atoms with Gasteiger partial charge in [0.25, 0.3) is 5.56 Å². The number of imidazole rings is 1. The lowest BCUT2D eigenvalue weighted by Gasteiger charge is -2.29. The van der Waals surface area contributed by atoms with E-state index in [1.54, 1.807) is 0 Å². The summed E-state index contributed by atoms with van der Waals surface area (Å²) >= 11 is 0. The number of rotatable bonds is 2. The number of likely N-dealkylation sites (tertiary alicyclic amines) is 1. The number of nitrogens with one attached hydrogen (secondary N) is 1. The molecule has 2 aromatic rings. The lowest BCUT2D eigenvalue weighted by molar-refractivity contribution is 0.204. The molecule has 3 rings (SSSR count). The fourth-order valence-electron chi connectivity index (χ4n) is 2.83. The Hall–Kier alpha value is -1.62. The van der Waals surface area contributed by atoms with Gasteiger partial charge in [0.15, 0.2) is 5.52 Å². The second-order valence-electron chi connectivity index (χ2n) is 5.60. The molecule has 1 N–H and O–H groups in total. The van der Waals surface area contributed by atoms with Crippen LogP contribution in [0.25, 0.3) is 11.0 Å². The normalized spacial score (nSPS) is 16.8. The maximum Gasteiger partial charge on any atom is 0.278 e. The van der Waals surface area contributed by atoms with Crippen LogP contribution in [0.4, 0.5) is 0 Å². The molecule has 5 nitrogen and oxygen atoms in total. The minimum absolute atomic E-state index is 0.0285. The monoisotopic (exact) mass is 290 g/mol. The Balaban J connectivity index is 0.000000774. The van der Waals surface area contributed by atoms with Gasteiger partial charge in [-0.25, -0.2) is 4.98 Å². The second kappa shape index (κ2) is 6.89. The van der Waals surface area contributed by atoms with E-state index in [9.17, 15) is 4.79 Å². The molecule has 116 valence electrons. The Morgan fingerprint density at radius 2 is 2.00 bits per heavy atom. The van der Waals surface area contributed by atoms with Crippen LogP contribution in [-0.4, -0.2) is 39.6 Å². The van der Waals surface area contributed by atoms with Crippen LogP contribution in [0.15, 0.2) is 17.1 Å². The average molecular weight is 290 g/mol. The summed E-state index contributed by atoms with van der Waals surface area (Å²) in [5.41, 5.74) is 1.43. The van der Waals surface area contributed by atoms with Crippen molar-refractivity contribution in [3.8, 4) is 0 Å². The zero-order valence-corrected chi connectivity index (χ0v) is 13.5. The van der Waals surface area contributed by atoms with Gasteiger partial charge in [-0.05, 0) is 51.9 Å². The molecule has 0 atom stereocenters. The zero-order valence-electron chi connectivity index (χ0n) is 13.5. The minimum atomic E-state index is 0.0285. The van der Waals surface area contributed by atoms with Gasteiger partial charge in [0.2, 0.25) is 0 Å². The van der Waals surface area contributed by atoms with Gasteiger partial charge in [-0.15, -0.1) is 0 Å². The van der Waals surface area contributed by atoms with Gasteiger partial charge in [-0.3, -0.25) is 4.79 Å². The van der Waals surface area contributed by atoms with Crippen LogP contribution >= 0.6 is 0 Å². The molecular formula is C16H26N4O. The van der Waals surface area contributed by atoms with E-state index in [1.807, 2.05) is 37.6 Å². The first-order valence-corrected chi connectivity index (χ1v) is 7.88. The van der Waals surface area contributed by atoms with Gasteiger partial charge >= 0.3 is 0 Å². The van der Waals surface area contributed by atoms with Gasteiger partial charge in [-0.1, -0.05) is 13.8 Å². The molecule has 0 aromatic carbocycles. The van der Waals surface area contributed by atoms with Crippen LogP contribution in [-0.2, 0) is 6.54 Å².